The molecule has 7 heteroatoms. The number of nitrogens with zero attached hydrogens (tertiary/aromatic N) is 2. The van der Waals surface area contributed by atoms with Crippen LogP contribution in [0.4, 0.5) is 5.82 Å². The zero-order valence-corrected chi connectivity index (χ0v) is 17.3. The maximum atomic E-state index is 12.6. The number of ether oxygens (including phenoxy) is 1. The van der Waals surface area contributed by atoms with Crippen LogP contribution in [0, 0.1) is 5.92 Å². The number of fused-ring (bicyclic) bond motifs is 1. The molecule has 1 aliphatic rings. The van der Waals surface area contributed by atoms with Crippen LogP contribution in [0.15, 0.2) is 22.8 Å². The van der Waals surface area contributed by atoms with Gasteiger partial charge >= 0.3 is 5.97 Å². The second-order valence-corrected chi connectivity index (χ2v) is 7.97. The zero-order valence-electron chi connectivity index (χ0n) is 15.7. The van der Waals surface area contributed by atoms with Gasteiger partial charge in [-0.25, -0.2) is 4.98 Å². The van der Waals surface area contributed by atoms with Crippen LogP contribution in [0.3, 0.4) is 0 Å². The van der Waals surface area contributed by atoms with E-state index in [1.165, 1.54) is 32.1 Å². The van der Waals surface area contributed by atoms with Gasteiger partial charge in [-0.3, -0.25) is 14.0 Å². The number of pyridine rings is 1. The first-order chi connectivity index (χ1) is 13.1. The first-order valence-corrected chi connectivity index (χ1v) is 10.5. The lowest BCUT2D eigenvalue weighted by atomic mass is 9.86. The molecule has 0 aliphatic heterocycles. The summed E-state index contributed by atoms with van der Waals surface area (Å²) in [7, 11) is 0. The van der Waals surface area contributed by atoms with E-state index in [0.717, 1.165) is 10.9 Å². The molecule has 1 saturated carbocycles. The molecule has 6 nitrogen and oxygen atoms in total. The summed E-state index contributed by atoms with van der Waals surface area (Å²) in [6.45, 7) is 2.09. The van der Waals surface area contributed by atoms with Gasteiger partial charge in [-0.15, -0.1) is 0 Å². The van der Waals surface area contributed by atoms with Crippen LogP contribution < -0.4 is 5.32 Å². The van der Waals surface area contributed by atoms with Gasteiger partial charge in [-0.05, 0) is 47.3 Å². The quantitative estimate of drug-likeness (QED) is 0.649. The predicted octanol–water partition coefficient (Wildman–Crippen LogP) is 4.50. The SMILES string of the molecule is CCOC(=O)Cc1nc2ccc(Br)cn2c1NC(=O)CCC1CCCCC1. The number of hydrogen-bond donors (Lipinski definition) is 1. The molecule has 1 aliphatic carbocycles. The van der Waals surface area contributed by atoms with E-state index in [9.17, 15) is 9.59 Å². The van der Waals surface area contributed by atoms with Crippen molar-refractivity contribution in [3.8, 4) is 0 Å². The number of carbonyl (C=O) groups is 2. The minimum Gasteiger partial charge on any atom is -0.466 e. The van der Waals surface area contributed by atoms with E-state index in [0.29, 0.717) is 36.1 Å². The molecule has 0 atom stereocenters. The van der Waals surface area contributed by atoms with Crippen molar-refractivity contribution in [1.82, 2.24) is 9.38 Å². The molecule has 0 aromatic carbocycles. The average molecular weight is 436 g/mol. The highest BCUT2D eigenvalue weighted by Crippen LogP contribution is 2.28. The summed E-state index contributed by atoms with van der Waals surface area (Å²) in [6, 6.07) is 3.72. The van der Waals surface area contributed by atoms with Gasteiger partial charge in [0.15, 0.2) is 0 Å². The third-order valence-corrected chi connectivity index (χ3v) is 5.50. The third-order valence-electron chi connectivity index (χ3n) is 5.03. The zero-order chi connectivity index (χ0) is 19.2. The molecule has 2 aromatic heterocycles. The van der Waals surface area contributed by atoms with E-state index < -0.39 is 0 Å². The van der Waals surface area contributed by atoms with Crippen LogP contribution in [0.5, 0.6) is 0 Å². The van der Waals surface area contributed by atoms with Crippen molar-refractivity contribution in [3.63, 3.8) is 0 Å². The minimum atomic E-state index is -0.349. The number of hydrogen-bond acceptors (Lipinski definition) is 4. The summed E-state index contributed by atoms with van der Waals surface area (Å²) in [6.07, 6.45) is 9.60. The number of rotatable bonds is 7. The molecule has 2 aromatic rings. The van der Waals surface area contributed by atoms with E-state index in [2.05, 4.69) is 26.2 Å². The van der Waals surface area contributed by atoms with Gasteiger partial charge < -0.3 is 10.1 Å². The largest absolute Gasteiger partial charge is 0.466 e. The first-order valence-electron chi connectivity index (χ1n) is 9.68. The van der Waals surface area contributed by atoms with Crippen molar-refractivity contribution in [2.45, 2.75) is 58.3 Å². The van der Waals surface area contributed by atoms with Gasteiger partial charge in [0, 0.05) is 17.1 Å². The van der Waals surface area contributed by atoms with Crippen molar-refractivity contribution in [3.05, 3.63) is 28.5 Å². The predicted molar refractivity (Wildman–Crippen MR) is 108 cm³/mol. The van der Waals surface area contributed by atoms with Gasteiger partial charge in [0.25, 0.3) is 0 Å². The number of halogens is 1. The van der Waals surface area contributed by atoms with Crippen molar-refractivity contribution in [2.75, 3.05) is 11.9 Å². The van der Waals surface area contributed by atoms with Crippen molar-refractivity contribution in [2.24, 2.45) is 5.92 Å². The molecule has 3 rings (SSSR count). The molecule has 0 spiro atoms. The van der Waals surface area contributed by atoms with Crippen LogP contribution in [0.1, 0.15) is 57.6 Å². The lowest BCUT2D eigenvalue weighted by molar-refractivity contribution is -0.142. The highest BCUT2D eigenvalue weighted by atomic mass is 79.9. The van der Waals surface area contributed by atoms with Crippen LogP contribution >= 0.6 is 15.9 Å². The maximum Gasteiger partial charge on any atom is 0.312 e. The summed E-state index contributed by atoms with van der Waals surface area (Å²) < 4.78 is 7.71. The molecule has 146 valence electrons. The molecule has 0 saturated heterocycles. The molecule has 0 radical (unpaired) electrons. The number of imidazole rings is 1. The molecule has 1 amide bonds. The summed E-state index contributed by atoms with van der Waals surface area (Å²) in [5.74, 6) is 0.818. The number of esters is 1. The van der Waals surface area contributed by atoms with Gasteiger partial charge in [-0.1, -0.05) is 32.1 Å². The van der Waals surface area contributed by atoms with E-state index in [1.807, 2.05) is 18.3 Å². The molecule has 1 fully saturated rings. The van der Waals surface area contributed by atoms with Gasteiger partial charge in [0.1, 0.15) is 11.5 Å². The second-order valence-electron chi connectivity index (χ2n) is 7.06. The smallest absolute Gasteiger partial charge is 0.312 e. The number of carbonyl (C=O) groups excluding carboxylic acids is 2. The fourth-order valence-corrected chi connectivity index (χ4v) is 4.01. The summed E-state index contributed by atoms with van der Waals surface area (Å²) >= 11 is 3.45. The summed E-state index contributed by atoms with van der Waals surface area (Å²) in [4.78, 5) is 29.0. The lowest BCUT2D eigenvalue weighted by Crippen LogP contribution is -2.17. The van der Waals surface area contributed by atoms with Gasteiger partial charge in [0.05, 0.1) is 18.7 Å². The van der Waals surface area contributed by atoms with Crippen LogP contribution in [-0.4, -0.2) is 27.9 Å². The van der Waals surface area contributed by atoms with Gasteiger partial charge in [0.2, 0.25) is 5.91 Å². The molecule has 0 unspecified atom stereocenters. The Hall–Kier alpha value is -1.89. The Morgan fingerprint density at radius 3 is 2.81 bits per heavy atom. The average Bonchev–Trinajstić information content (AvgIpc) is 2.97. The Balaban J connectivity index is 1.74. The Labute approximate surface area is 167 Å². The number of amides is 1. The van der Waals surface area contributed by atoms with Crippen molar-refractivity contribution in [1.29, 1.82) is 0 Å². The fourth-order valence-electron chi connectivity index (χ4n) is 3.68. The van der Waals surface area contributed by atoms with E-state index >= 15 is 0 Å². The van der Waals surface area contributed by atoms with Gasteiger partial charge in [-0.2, -0.15) is 0 Å². The highest BCUT2D eigenvalue weighted by molar-refractivity contribution is 9.10. The van der Waals surface area contributed by atoms with Crippen LogP contribution in [-0.2, 0) is 20.7 Å². The van der Waals surface area contributed by atoms with E-state index in [-0.39, 0.29) is 18.3 Å². The molecule has 2 heterocycles. The maximum absolute atomic E-state index is 12.6. The van der Waals surface area contributed by atoms with Crippen LogP contribution in [0.25, 0.3) is 5.65 Å². The van der Waals surface area contributed by atoms with Crippen molar-refractivity contribution >= 4 is 39.3 Å². The molecule has 0 bridgehead atoms. The Bertz CT molecular complexity index is 812. The topological polar surface area (TPSA) is 72.7 Å². The molecule has 1 N–H and O–H groups in total. The minimum absolute atomic E-state index is 0.0331. The highest BCUT2D eigenvalue weighted by Gasteiger charge is 2.20. The van der Waals surface area contributed by atoms with Crippen LogP contribution in [0.2, 0.25) is 0 Å². The molecular formula is C20H26BrN3O3. The number of nitrogens with one attached hydrogen (secondary N) is 1. The number of anilines is 1. The Morgan fingerprint density at radius 2 is 2.07 bits per heavy atom. The molecular weight excluding hydrogens is 410 g/mol. The third kappa shape index (κ3) is 5.31. The lowest BCUT2D eigenvalue weighted by Gasteiger charge is -2.21. The fraction of sp³-hybridized carbons (Fsp3) is 0.550. The Morgan fingerprint density at radius 1 is 1.30 bits per heavy atom. The van der Waals surface area contributed by atoms with E-state index in [4.69, 9.17) is 4.74 Å². The van der Waals surface area contributed by atoms with Crippen molar-refractivity contribution < 1.29 is 14.3 Å². The van der Waals surface area contributed by atoms with E-state index in [1.54, 1.807) is 11.3 Å². The monoisotopic (exact) mass is 435 g/mol. The second kappa shape index (κ2) is 9.35. The number of aromatic nitrogens is 2. The Kier molecular flexibility index (Phi) is 6.88. The summed E-state index contributed by atoms with van der Waals surface area (Å²) in [5.41, 5.74) is 1.21. The summed E-state index contributed by atoms with van der Waals surface area (Å²) in [5, 5.41) is 2.98. The normalized spacial score (nSPS) is 15.0. The standard InChI is InChI=1S/C20H26BrN3O3/c1-2-27-19(26)12-16-20(24-13-15(21)9-10-17(24)22-16)23-18(25)11-8-14-6-4-3-5-7-14/h9-10,13-14H,2-8,11-12H2,1H3,(H,23,25). The first kappa shape index (κ1) is 19.9. The molecule has 27 heavy (non-hydrogen) atoms.